The first-order valence-electron chi connectivity index (χ1n) is 9.72. The fraction of sp³-hybridized carbons (Fsp3) is 0.333. The third-order valence-corrected chi connectivity index (χ3v) is 6.43. The summed E-state index contributed by atoms with van der Waals surface area (Å²) in [4.78, 5) is 38.7. The van der Waals surface area contributed by atoms with E-state index >= 15 is 0 Å². The number of thiophene rings is 1. The molecule has 1 amide bonds. The summed E-state index contributed by atoms with van der Waals surface area (Å²) in [6.07, 6.45) is 1.55. The average molecular weight is 426 g/mol. The van der Waals surface area contributed by atoms with Gasteiger partial charge in [-0.3, -0.25) is 9.59 Å². The van der Waals surface area contributed by atoms with Crippen molar-refractivity contribution < 1.29 is 14.3 Å². The van der Waals surface area contributed by atoms with Crippen molar-refractivity contribution in [2.75, 3.05) is 49.6 Å². The quantitative estimate of drug-likeness (QED) is 0.627. The number of anilines is 2. The van der Waals surface area contributed by atoms with Crippen LogP contribution < -0.4 is 15.1 Å². The number of aromatic nitrogens is 2. The molecule has 3 aromatic rings. The molecule has 2 aromatic heterocycles. The third kappa shape index (κ3) is 3.93. The number of nitrogens with zero attached hydrogens (tertiary/aromatic N) is 4. The summed E-state index contributed by atoms with van der Waals surface area (Å²) in [7, 11) is 1.29. The van der Waals surface area contributed by atoms with Gasteiger partial charge in [-0.1, -0.05) is 18.2 Å². The maximum Gasteiger partial charge on any atom is 0.325 e. The number of amides is 1. The standard InChI is InChI=1S/C21H23N5O3S/c1-14-17-19(26-10-8-25(9-11-26)15-6-4-3-5-7-15)23-13-24-21(17)30-18(14)20(28)22-12-16(27)29-2/h3-7,13H,8-12H2,1-2H3,(H,22,28). The molecule has 0 unspecified atom stereocenters. The molecule has 1 aromatic carbocycles. The van der Waals surface area contributed by atoms with E-state index in [0.717, 1.165) is 47.8 Å². The number of methoxy groups -OCH3 is 1. The van der Waals surface area contributed by atoms with Gasteiger partial charge in [-0.05, 0) is 24.6 Å². The van der Waals surface area contributed by atoms with Gasteiger partial charge in [0, 0.05) is 31.9 Å². The SMILES string of the molecule is COC(=O)CNC(=O)c1sc2ncnc(N3CCN(c4ccccc4)CC3)c2c1C. The van der Waals surface area contributed by atoms with Crippen LogP contribution >= 0.6 is 11.3 Å². The van der Waals surface area contributed by atoms with E-state index in [1.165, 1.54) is 24.1 Å². The van der Waals surface area contributed by atoms with Crippen LogP contribution in [0.1, 0.15) is 15.2 Å². The summed E-state index contributed by atoms with van der Waals surface area (Å²) in [5.41, 5.74) is 2.06. The molecule has 1 aliphatic rings. The van der Waals surface area contributed by atoms with Gasteiger partial charge in [-0.25, -0.2) is 9.97 Å². The number of carbonyl (C=O) groups excluding carboxylic acids is 2. The number of nitrogens with one attached hydrogen (secondary N) is 1. The summed E-state index contributed by atoms with van der Waals surface area (Å²) < 4.78 is 4.58. The number of aryl methyl sites for hydroxylation is 1. The molecule has 4 rings (SSSR count). The molecule has 1 N–H and O–H groups in total. The van der Waals surface area contributed by atoms with Gasteiger partial charge in [0.25, 0.3) is 5.91 Å². The fourth-order valence-corrected chi connectivity index (χ4v) is 4.69. The smallest absolute Gasteiger partial charge is 0.325 e. The highest BCUT2D eigenvalue weighted by Gasteiger charge is 2.24. The zero-order valence-corrected chi connectivity index (χ0v) is 17.7. The maximum atomic E-state index is 12.6. The van der Waals surface area contributed by atoms with Crippen LogP contribution in [0.2, 0.25) is 0 Å². The first-order valence-corrected chi connectivity index (χ1v) is 10.5. The summed E-state index contributed by atoms with van der Waals surface area (Å²) in [6.45, 7) is 5.19. The van der Waals surface area contributed by atoms with Gasteiger partial charge in [-0.2, -0.15) is 0 Å². The lowest BCUT2D eigenvalue weighted by Gasteiger charge is -2.37. The van der Waals surface area contributed by atoms with Crippen molar-refractivity contribution in [3.63, 3.8) is 0 Å². The molecule has 1 saturated heterocycles. The van der Waals surface area contributed by atoms with Crippen molar-refractivity contribution in [3.05, 3.63) is 47.1 Å². The Morgan fingerprint density at radius 3 is 2.50 bits per heavy atom. The van der Waals surface area contributed by atoms with Gasteiger partial charge in [0.15, 0.2) is 0 Å². The molecule has 0 spiro atoms. The highest BCUT2D eigenvalue weighted by Crippen LogP contribution is 2.35. The van der Waals surface area contributed by atoms with Crippen LogP contribution in [-0.2, 0) is 9.53 Å². The topological polar surface area (TPSA) is 87.7 Å². The molecular formula is C21H23N5O3S. The van der Waals surface area contributed by atoms with Crippen LogP contribution in [0.15, 0.2) is 36.7 Å². The van der Waals surface area contributed by atoms with Crippen molar-refractivity contribution in [2.24, 2.45) is 0 Å². The number of piperazine rings is 1. The number of carbonyl (C=O) groups is 2. The Bertz CT molecular complexity index is 1060. The number of ether oxygens (including phenoxy) is 1. The average Bonchev–Trinajstić information content (AvgIpc) is 3.14. The lowest BCUT2D eigenvalue weighted by atomic mass is 10.1. The maximum absolute atomic E-state index is 12.6. The molecular weight excluding hydrogens is 402 g/mol. The van der Waals surface area contributed by atoms with Crippen LogP contribution in [0, 0.1) is 6.92 Å². The zero-order chi connectivity index (χ0) is 21.1. The van der Waals surface area contributed by atoms with Crippen LogP contribution in [-0.4, -0.2) is 61.7 Å². The number of hydrogen-bond acceptors (Lipinski definition) is 8. The van der Waals surface area contributed by atoms with E-state index in [4.69, 9.17) is 0 Å². The molecule has 1 fully saturated rings. The molecule has 9 heteroatoms. The van der Waals surface area contributed by atoms with Gasteiger partial charge < -0.3 is 19.9 Å². The monoisotopic (exact) mass is 425 g/mol. The second-order valence-corrected chi connectivity index (χ2v) is 8.00. The molecule has 0 aliphatic carbocycles. The highest BCUT2D eigenvalue weighted by molar-refractivity contribution is 7.20. The Hall–Kier alpha value is -3.20. The van der Waals surface area contributed by atoms with E-state index in [1.807, 2.05) is 13.0 Å². The lowest BCUT2D eigenvalue weighted by molar-refractivity contribution is -0.139. The molecule has 156 valence electrons. The van der Waals surface area contributed by atoms with E-state index in [1.54, 1.807) is 6.33 Å². The molecule has 0 saturated carbocycles. The van der Waals surface area contributed by atoms with Gasteiger partial charge in [0.1, 0.15) is 23.5 Å². The van der Waals surface area contributed by atoms with Crippen molar-refractivity contribution in [3.8, 4) is 0 Å². The minimum absolute atomic E-state index is 0.164. The van der Waals surface area contributed by atoms with E-state index < -0.39 is 5.97 Å². The van der Waals surface area contributed by atoms with Crippen molar-refractivity contribution in [1.29, 1.82) is 0 Å². The van der Waals surface area contributed by atoms with Crippen molar-refractivity contribution in [1.82, 2.24) is 15.3 Å². The minimum Gasteiger partial charge on any atom is -0.468 e. The first kappa shape index (κ1) is 20.1. The Kier molecular flexibility index (Phi) is 5.80. The summed E-state index contributed by atoms with van der Waals surface area (Å²) in [6, 6.07) is 10.4. The summed E-state index contributed by atoms with van der Waals surface area (Å²) in [5.74, 6) is 0.0631. The third-order valence-electron chi connectivity index (χ3n) is 5.23. The number of hydrogen-bond donors (Lipinski definition) is 1. The zero-order valence-electron chi connectivity index (χ0n) is 16.9. The highest BCUT2D eigenvalue weighted by atomic mass is 32.1. The first-order chi connectivity index (χ1) is 14.6. The Balaban J connectivity index is 1.55. The number of para-hydroxylation sites is 1. The number of fused-ring (bicyclic) bond motifs is 1. The predicted molar refractivity (Wildman–Crippen MR) is 117 cm³/mol. The van der Waals surface area contributed by atoms with Gasteiger partial charge in [0.05, 0.1) is 17.4 Å². The van der Waals surface area contributed by atoms with Crippen LogP contribution in [0.5, 0.6) is 0 Å². The lowest BCUT2D eigenvalue weighted by Crippen LogP contribution is -2.46. The summed E-state index contributed by atoms with van der Waals surface area (Å²) in [5, 5.41) is 3.50. The van der Waals surface area contributed by atoms with Gasteiger partial charge in [-0.15, -0.1) is 11.3 Å². The van der Waals surface area contributed by atoms with E-state index in [-0.39, 0.29) is 12.5 Å². The molecule has 8 nitrogen and oxygen atoms in total. The van der Waals surface area contributed by atoms with Crippen molar-refractivity contribution in [2.45, 2.75) is 6.92 Å². The molecule has 1 aliphatic heterocycles. The van der Waals surface area contributed by atoms with Crippen LogP contribution in [0.25, 0.3) is 10.2 Å². The van der Waals surface area contributed by atoms with Crippen molar-refractivity contribution >= 4 is 44.9 Å². The number of rotatable bonds is 5. The van der Waals surface area contributed by atoms with E-state index in [0.29, 0.717) is 4.88 Å². The largest absolute Gasteiger partial charge is 0.468 e. The predicted octanol–water partition coefficient (Wildman–Crippen LogP) is 2.23. The van der Waals surface area contributed by atoms with Crippen LogP contribution in [0.3, 0.4) is 0 Å². The van der Waals surface area contributed by atoms with E-state index in [9.17, 15) is 9.59 Å². The van der Waals surface area contributed by atoms with Gasteiger partial charge >= 0.3 is 5.97 Å². The molecule has 0 bridgehead atoms. The second-order valence-electron chi connectivity index (χ2n) is 7.00. The molecule has 0 radical (unpaired) electrons. The Labute approximate surface area is 178 Å². The summed E-state index contributed by atoms with van der Waals surface area (Å²) >= 11 is 1.31. The second kappa shape index (κ2) is 8.66. The normalized spacial score (nSPS) is 14.1. The minimum atomic E-state index is -0.487. The van der Waals surface area contributed by atoms with E-state index in [2.05, 4.69) is 54.1 Å². The fourth-order valence-electron chi connectivity index (χ4n) is 3.63. The van der Waals surface area contributed by atoms with Crippen LogP contribution in [0.4, 0.5) is 11.5 Å². The molecule has 30 heavy (non-hydrogen) atoms. The van der Waals surface area contributed by atoms with Gasteiger partial charge in [0.2, 0.25) is 0 Å². The Morgan fingerprint density at radius 1 is 1.10 bits per heavy atom. The number of esters is 1. The molecule has 0 atom stereocenters. The molecule has 3 heterocycles. The number of benzene rings is 1. The Morgan fingerprint density at radius 2 is 1.80 bits per heavy atom.